The molecule has 0 bridgehead atoms. The molecule has 1 aromatic rings. The molecule has 1 aliphatic rings. The van der Waals surface area contributed by atoms with Crippen molar-refractivity contribution in [2.75, 3.05) is 6.61 Å². The van der Waals surface area contributed by atoms with E-state index in [1.165, 1.54) is 6.07 Å². The number of halogens is 1. The van der Waals surface area contributed by atoms with Crippen molar-refractivity contribution in [1.82, 2.24) is 0 Å². The Balaban J connectivity index is 2.29. The second-order valence-electron chi connectivity index (χ2n) is 3.87. The SMILES string of the molecule is CC(N)CC1COc2cccc(F)c21. The third-order valence-corrected chi connectivity index (χ3v) is 2.52. The molecule has 1 heterocycles. The average Bonchev–Trinajstić information content (AvgIpc) is 2.49. The van der Waals surface area contributed by atoms with Crippen LogP contribution in [0.4, 0.5) is 4.39 Å². The van der Waals surface area contributed by atoms with Crippen molar-refractivity contribution >= 4 is 0 Å². The summed E-state index contributed by atoms with van der Waals surface area (Å²) < 4.78 is 18.9. The van der Waals surface area contributed by atoms with E-state index in [1.807, 2.05) is 6.92 Å². The zero-order valence-electron chi connectivity index (χ0n) is 8.16. The Morgan fingerprint density at radius 2 is 2.43 bits per heavy atom. The molecule has 0 amide bonds. The lowest BCUT2D eigenvalue weighted by atomic mass is 9.94. The van der Waals surface area contributed by atoms with Gasteiger partial charge in [0, 0.05) is 17.5 Å². The van der Waals surface area contributed by atoms with E-state index >= 15 is 0 Å². The summed E-state index contributed by atoms with van der Waals surface area (Å²) >= 11 is 0. The maximum absolute atomic E-state index is 13.5. The van der Waals surface area contributed by atoms with Gasteiger partial charge in [0.1, 0.15) is 11.6 Å². The van der Waals surface area contributed by atoms with Gasteiger partial charge in [-0.15, -0.1) is 0 Å². The molecule has 0 radical (unpaired) electrons. The Bertz CT molecular complexity index is 338. The Morgan fingerprint density at radius 3 is 3.14 bits per heavy atom. The first kappa shape index (κ1) is 9.46. The van der Waals surface area contributed by atoms with Crippen LogP contribution in [-0.4, -0.2) is 12.6 Å². The summed E-state index contributed by atoms with van der Waals surface area (Å²) in [6.45, 7) is 2.48. The molecule has 0 spiro atoms. The van der Waals surface area contributed by atoms with E-state index in [9.17, 15) is 4.39 Å². The third-order valence-electron chi connectivity index (χ3n) is 2.52. The molecule has 2 N–H and O–H groups in total. The molecule has 0 saturated heterocycles. The van der Waals surface area contributed by atoms with Crippen molar-refractivity contribution in [2.45, 2.75) is 25.3 Å². The number of fused-ring (bicyclic) bond motifs is 1. The maximum atomic E-state index is 13.5. The number of ether oxygens (including phenoxy) is 1. The van der Waals surface area contributed by atoms with Gasteiger partial charge in [0.25, 0.3) is 0 Å². The lowest BCUT2D eigenvalue weighted by Crippen LogP contribution is -2.19. The second kappa shape index (κ2) is 3.58. The van der Waals surface area contributed by atoms with Gasteiger partial charge in [-0.1, -0.05) is 6.07 Å². The van der Waals surface area contributed by atoms with Gasteiger partial charge in [0.15, 0.2) is 0 Å². The Kier molecular flexibility index (Phi) is 2.42. The predicted octanol–water partition coefficient (Wildman–Crippen LogP) is 2.04. The van der Waals surface area contributed by atoms with Crippen molar-refractivity contribution in [3.05, 3.63) is 29.6 Å². The van der Waals surface area contributed by atoms with Crippen LogP contribution in [0.2, 0.25) is 0 Å². The summed E-state index contributed by atoms with van der Waals surface area (Å²) in [7, 11) is 0. The first-order chi connectivity index (χ1) is 6.68. The summed E-state index contributed by atoms with van der Waals surface area (Å²) in [5.41, 5.74) is 6.40. The smallest absolute Gasteiger partial charge is 0.130 e. The number of nitrogens with two attached hydrogens (primary N) is 1. The minimum absolute atomic E-state index is 0.0779. The Hall–Kier alpha value is -1.09. The van der Waals surface area contributed by atoms with Crippen molar-refractivity contribution in [3.8, 4) is 5.75 Å². The highest BCUT2D eigenvalue weighted by molar-refractivity contribution is 5.40. The lowest BCUT2D eigenvalue weighted by Gasteiger charge is -2.11. The molecule has 1 aromatic carbocycles. The highest BCUT2D eigenvalue weighted by Gasteiger charge is 2.27. The summed E-state index contributed by atoms with van der Waals surface area (Å²) in [6, 6.07) is 5.03. The molecule has 0 saturated carbocycles. The van der Waals surface area contributed by atoms with Crippen LogP contribution in [0.1, 0.15) is 24.8 Å². The van der Waals surface area contributed by atoms with Gasteiger partial charge < -0.3 is 10.5 Å². The Labute approximate surface area is 82.9 Å². The van der Waals surface area contributed by atoms with Crippen molar-refractivity contribution < 1.29 is 9.13 Å². The van der Waals surface area contributed by atoms with E-state index in [0.29, 0.717) is 17.9 Å². The molecule has 0 fully saturated rings. The van der Waals surface area contributed by atoms with E-state index in [-0.39, 0.29) is 17.8 Å². The second-order valence-corrected chi connectivity index (χ2v) is 3.87. The average molecular weight is 195 g/mol. The molecule has 14 heavy (non-hydrogen) atoms. The molecule has 2 nitrogen and oxygen atoms in total. The van der Waals surface area contributed by atoms with Gasteiger partial charge in [-0.05, 0) is 25.5 Å². The molecule has 2 unspecified atom stereocenters. The molecule has 0 aromatic heterocycles. The van der Waals surface area contributed by atoms with Crippen LogP contribution in [-0.2, 0) is 0 Å². The van der Waals surface area contributed by atoms with Crippen LogP contribution in [0.25, 0.3) is 0 Å². The zero-order valence-corrected chi connectivity index (χ0v) is 8.16. The summed E-state index contributed by atoms with van der Waals surface area (Å²) in [6.07, 6.45) is 0.772. The van der Waals surface area contributed by atoms with Gasteiger partial charge in [0.2, 0.25) is 0 Å². The first-order valence-electron chi connectivity index (χ1n) is 4.85. The third kappa shape index (κ3) is 1.60. The van der Waals surface area contributed by atoms with Crippen LogP contribution >= 0.6 is 0 Å². The van der Waals surface area contributed by atoms with Crippen molar-refractivity contribution in [1.29, 1.82) is 0 Å². The zero-order chi connectivity index (χ0) is 10.1. The van der Waals surface area contributed by atoms with Gasteiger partial charge in [0.05, 0.1) is 6.61 Å². The topological polar surface area (TPSA) is 35.2 Å². The largest absolute Gasteiger partial charge is 0.493 e. The molecule has 3 heteroatoms. The van der Waals surface area contributed by atoms with Gasteiger partial charge >= 0.3 is 0 Å². The van der Waals surface area contributed by atoms with E-state index in [1.54, 1.807) is 12.1 Å². The fraction of sp³-hybridized carbons (Fsp3) is 0.455. The molecule has 2 rings (SSSR count). The fourth-order valence-corrected chi connectivity index (χ4v) is 1.95. The quantitative estimate of drug-likeness (QED) is 0.783. The number of rotatable bonds is 2. The lowest BCUT2D eigenvalue weighted by molar-refractivity contribution is 0.320. The first-order valence-corrected chi connectivity index (χ1v) is 4.85. The summed E-state index contributed by atoms with van der Waals surface area (Å²) in [4.78, 5) is 0. The van der Waals surface area contributed by atoms with Crippen molar-refractivity contribution in [2.24, 2.45) is 5.73 Å². The van der Waals surface area contributed by atoms with E-state index in [4.69, 9.17) is 10.5 Å². The molecule has 76 valence electrons. The molecular weight excluding hydrogens is 181 g/mol. The standard InChI is InChI=1S/C11H14FNO/c1-7(13)5-8-6-14-10-4-2-3-9(12)11(8)10/h2-4,7-8H,5-6,13H2,1H3. The van der Waals surface area contributed by atoms with Crippen LogP contribution in [0, 0.1) is 5.82 Å². The summed E-state index contributed by atoms with van der Waals surface area (Å²) in [5, 5.41) is 0. The van der Waals surface area contributed by atoms with E-state index in [0.717, 1.165) is 6.42 Å². The highest BCUT2D eigenvalue weighted by atomic mass is 19.1. The van der Waals surface area contributed by atoms with Crippen molar-refractivity contribution in [3.63, 3.8) is 0 Å². The van der Waals surface area contributed by atoms with E-state index in [2.05, 4.69) is 0 Å². The van der Waals surface area contributed by atoms with Crippen LogP contribution < -0.4 is 10.5 Å². The normalized spacial score (nSPS) is 21.5. The molecule has 2 atom stereocenters. The van der Waals surface area contributed by atoms with Gasteiger partial charge in [-0.2, -0.15) is 0 Å². The number of hydrogen-bond acceptors (Lipinski definition) is 2. The minimum Gasteiger partial charge on any atom is -0.493 e. The van der Waals surface area contributed by atoms with Crippen LogP contribution in [0.3, 0.4) is 0 Å². The van der Waals surface area contributed by atoms with Crippen LogP contribution in [0.5, 0.6) is 5.75 Å². The van der Waals surface area contributed by atoms with Gasteiger partial charge in [-0.3, -0.25) is 0 Å². The molecule has 0 aliphatic carbocycles. The molecular formula is C11H14FNO. The maximum Gasteiger partial charge on any atom is 0.130 e. The summed E-state index contributed by atoms with van der Waals surface area (Å²) in [5.74, 6) is 0.618. The number of hydrogen-bond donors (Lipinski definition) is 1. The highest BCUT2D eigenvalue weighted by Crippen LogP contribution is 2.37. The minimum atomic E-state index is -0.175. The predicted molar refractivity (Wildman–Crippen MR) is 52.9 cm³/mol. The Morgan fingerprint density at radius 1 is 1.64 bits per heavy atom. The fourth-order valence-electron chi connectivity index (χ4n) is 1.95. The van der Waals surface area contributed by atoms with Crippen LogP contribution in [0.15, 0.2) is 18.2 Å². The number of benzene rings is 1. The monoisotopic (exact) mass is 195 g/mol. The van der Waals surface area contributed by atoms with E-state index < -0.39 is 0 Å². The molecule has 1 aliphatic heterocycles. The van der Waals surface area contributed by atoms with Gasteiger partial charge in [-0.25, -0.2) is 4.39 Å².